The summed E-state index contributed by atoms with van der Waals surface area (Å²) in [6.07, 6.45) is 1.07. The molecule has 2 aromatic rings. The van der Waals surface area contributed by atoms with Gasteiger partial charge in [0.15, 0.2) is 5.82 Å². The van der Waals surface area contributed by atoms with E-state index in [0.717, 1.165) is 15.5 Å². The Kier molecular flexibility index (Phi) is 2.47. The molecule has 0 spiro atoms. The van der Waals surface area contributed by atoms with Crippen LogP contribution in [-0.2, 0) is 0 Å². The fourth-order valence-electron chi connectivity index (χ4n) is 1.00. The van der Waals surface area contributed by atoms with Crippen molar-refractivity contribution in [2.75, 3.05) is 5.73 Å². The lowest BCUT2D eigenvalue weighted by Crippen LogP contribution is -1.98. The molecule has 0 aliphatic heterocycles. The molecule has 72 valence electrons. The first-order chi connectivity index (χ1) is 6.68. The summed E-state index contributed by atoms with van der Waals surface area (Å²) < 4.78 is 14.1. The molecule has 0 aliphatic carbocycles. The third-order valence-electron chi connectivity index (χ3n) is 1.59. The van der Waals surface area contributed by atoms with Crippen LogP contribution in [0, 0.1) is 5.82 Å². The van der Waals surface area contributed by atoms with Crippen molar-refractivity contribution >= 4 is 33.2 Å². The highest BCUT2D eigenvalue weighted by Gasteiger charge is 2.12. The molecule has 0 saturated carbocycles. The SMILES string of the molecule is Nc1ncc(F)c(-c2sccc2Br)n1. The van der Waals surface area contributed by atoms with E-state index < -0.39 is 5.82 Å². The van der Waals surface area contributed by atoms with Crippen LogP contribution in [0.25, 0.3) is 10.6 Å². The van der Waals surface area contributed by atoms with Crippen LogP contribution in [0.1, 0.15) is 0 Å². The van der Waals surface area contributed by atoms with Gasteiger partial charge in [-0.1, -0.05) is 0 Å². The van der Waals surface area contributed by atoms with E-state index in [0.29, 0.717) is 0 Å². The van der Waals surface area contributed by atoms with Crippen LogP contribution < -0.4 is 5.73 Å². The molecule has 0 aromatic carbocycles. The van der Waals surface area contributed by atoms with Crippen LogP contribution in [0.5, 0.6) is 0 Å². The molecule has 0 bridgehead atoms. The van der Waals surface area contributed by atoms with Crippen molar-refractivity contribution in [1.82, 2.24) is 9.97 Å². The van der Waals surface area contributed by atoms with Gasteiger partial charge in [-0.25, -0.2) is 14.4 Å². The molecule has 6 heteroatoms. The maximum absolute atomic E-state index is 13.3. The molecule has 3 nitrogen and oxygen atoms in total. The van der Waals surface area contributed by atoms with E-state index in [9.17, 15) is 4.39 Å². The summed E-state index contributed by atoms with van der Waals surface area (Å²) >= 11 is 4.70. The fraction of sp³-hybridized carbons (Fsp3) is 0. The number of halogens is 2. The number of rotatable bonds is 1. The van der Waals surface area contributed by atoms with E-state index in [4.69, 9.17) is 5.73 Å². The number of anilines is 1. The van der Waals surface area contributed by atoms with Crippen molar-refractivity contribution in [3.8, 4) is 10.6 Å². The van der Waals surface area contributed by atoms with E-state index >= 15 is 0 Å². The summed E-state index contributed by atoms with van der Waals surface area (Å²) in [6.45, 7) is 0. The first kappa shape index (κ1) is 9.54. The maximum atomic E-state index is 13.3. The highest BCUT2D eigenvalue weighted by molar-refractivity contribution is 9.10. The molecule has 0 unspecified atom stereocenters. The average Bonchev–Trinajstić information content (AvgIpc) is 2.56. The van der Waals surface area contributed by atoms with Gasteiger partial charge in [-0.3, -0.25) is 0 Å². The number of aromatic nitrogens is 2. The Hall–Kier alpha value is -1.01. The van der Waals surface area contributed by atoms with Crippen LogP contribution >= 0.6 is 27.3 Å². The quantitative estimate of drug-likeness (QED) is 0.869. The van der Waals surface area contributed by atoms with Crippen LogP contribution in [-0.4, -0.2) is 9.97 Å². The Labute approximate surface area is 91.9 Å². The van der Waals surface area contributed by atoms with Crippen LogP contribution in [0.15, 0.2) is 22.1 Å². The molecule has 0 fully saturated rings. The number of nitrogen functional groups attached to an aromatic ring is 1. The molecule has 0 saturated heterocycles. The van der Waals surface area contributed by atoms with Gasteiger partial charge < -0.3 is 5.73 Å². The van der Waals surface area contributed by atoms with Crippen molar-refractivity contribution in [3.63, 3.8) is 0 Å². The number of thiophene rings is 1. The fourth-order valence-corrected chi connectivity index (χ4v) is 2.55. The van der Waals surface area contributed by atoms with Gasteiger partial charge in [-0.2, -0.15) is 0 Å². The van der Waals surface area contributed by atoms with E-state index in [1.54, 1.807) is 0 Å². The Morgan fingerprint density at radius 1 is 1.50 bits per heavy atom. The minimum absolute atomic E-state index is 0.0710. The number of hydrogen-bond acceptors (Lipinski definition) is 4. The second-order valence-corrected chi connectivity index (χ2v) is 4.29. The molecule has 2 aromatic heterocycles. The van der Waals surface area contributed by atoms with Gasteiger partial charge in [0.2, 0.25) is 5.95 Å². The Balaban J connectivity index is 2.62. The maximum Gasteiger partial charge on any atom is 0.220 e. The standard InChI is InChI=1S/C8H5BrFN3S/c9-4-1-2-14-7(4)6-5(10)3-12-8(11)13-6/h1-3H,(H2,11,12,13). The van der Waals surface area contributed by atoms with Crippen LogP contribution in [0.4, 0.5) is 10.3 Å². The predicted molar refractivity (Wildman–Crippen MR) is 57.4 cm³/mol. The molecule has 0 radical (unpaired) electrons. The molecule has 0 aliphatic rings. The number of nitrogens with zero attached hydrogens (tertiary/aromatic N) is 2. The second-order valence-electron chi connectivity index (χ2n) is 2.52. The zero-order valence-electron chi connectivity index (χ0n) is 6.87. The highest BCUT2D eigenvalue weighted by Crippen LogP contribution is 2.33. The summed E-state index contributed by atoms with van der Waals surface area (Å²) in [4.78, 5) is 8.13. The van der Waals surface area contributed by atoms with Gasteiger partial charge in [0.05, 0.1) is 11.1 Å². The lowest BCUT2D eigenvalue weighted by Gasteiger charge is -2.00. The topological polar surface area (TPSA) is 51.8 Å². The molecule has 2 rings (SSSR count). The first-order valence-corrected chi connectivity index (χ1v) is 5.37. The first-order valence-electron chi connectivity index (χ1n) is 3.70. The molecular formula is C8H5BrFN3S. The van der Waals surface area contributed by atoms with E-state index in [1.807, 2.05) is 11.4 Å². The molecule has 2 heterocycles. The van der Waals surface area contributed by atoms with Crippen molar-refractivity contribution in [2.45, 2.75) is 0 Å². The smallest absolute Gasteiger partial charge is 0.220 e. The van der Waals surface area contributed by atoms with Crippen molar-refractivity contribution < 1.29 is 4.39 Å². The monoisotopic (exact) mass is 273 g/mol. The lowest BCUT2D eigenvalue weighted by molar-refractivity contribution is 0.619. The summed E-state index contributed by atoms with van der Waals surface area (Å²) in [5.41, 5.74) is 5.62. The molecule has 14 heavy (non-hydrogen) atoms. The van der Waals surface area contributed by atoms with Gasteiger partial charge >= 0.3 is 0 Å². The molecule has 2 N–H and O–H groups in total. The average molecular weight is 274 g/mol. The Morgan fingerprint density at radius 3 is 2.93 bits per heavy atom. The summed E-state index contributed by atoms with van der Waals surface area (Å²) in [5.74, 6) is -0.399. The second kappa shape index (κ2) is 3.62. The third kappa shape index (κ3) is 1.62. The number of nitrogens with two attached hydrogens (primary N) is 1. The Bertz CT molecular complexity index is 471. The lowest BCUT2D eigenvalue weighted by atomic mass is 10.3. The van der Waals surface area contributed by atoms with Crippen LogP contribution in [0.2, 0.25) is 0 Å². The highest BCUT2D eigenvalue weighted by atomic mass is 79.9. The summed E-state index contributed by atoms with van der Waals surface area (Å²) in [6, 6.07) is 1.83. The predicted octanol–water partition coefficient (Wildman–Crippen LogP) is 2.69. The zero-order valence-corrected chi connectivity index (χ0v) is 9.27. The molecule has 0 amide bonds. The number of hydrogen-bond donors (Lipinski definition) is 1. The van der Waals surface area contributed by atoms with E-state index in [2.05, 4.69) is 25.9 Å². The van der Waals surface area contributed by atoms with Gasteiger partial charge in [0.25, 0.3) is 0 Å². The molecule has 0 atom stereocenters. The van der Waals surface area contributed by atoms with Crippen molar-refractivity contribution in [2.24, 2.45) is 0 Å². The van der Waals surface area contributed by atoms with Crippen LogP contribution in [0.3, 0.4) is 0 Å². The minimum atomic E-state index is -0.470. The molecular weight excluding hydrogens is 269 g/mol. The summed E-state index contributed by atoms with van der Waals surface area (Å²) in [7, 11) is 0. The van der Waals surface area contributed by atoms with Gasteiger partial charge in [-0.15, -0.1) is 11.3 Å². The normalized spacial score (nSPS) is 10.4. The van der Waals surface area contributed by atoms with Gasteiger partial charge in [0.1, 0.15) is 5.69 Å². The zero-order chi connectivity index (χ0) is 10.1. The van der Waals surface area contributed by atoms with Gasteiger partial charge in [-0.05, 0) is 27.4 Å². The minimum Gasteiger partial charge on any atom is -0.368 e. The summed E-state index contributed by atoms with van der Waals surface area (Å²) in [5, 5.41) is 1.84. The van der Waals surface area contributed by atoms with E-state index in [-0.39, 0.29) is 11.6 Å². The largest absolute Gasteiger partial charge is 0.368 e. The van der Waals surface area contributed by atoms with Crippen molar-refractivity contribution in [1.29, 1.82) is 0 Å². The van der Waals surface area contributed by atoms with Gasteiger partial charge in [0, 0.05) is 4.47 Å². The van der Waals surface area contributed by atoms with Crippen molar-refractivity contribution in [3.05, 3.63) is 27.9 Å². The Morgan fingerprint density at radius 2 is 2.29 bits per heavy atom. The van der Waals surface area contributed by atoms with E-state index in [1.165, 1.54) is 11.3 Å². The third-order valence-corrected chi connectivity index (χ3v) is 3.44.